The fraction of sp³-hybridized carbons (Fsp3) is 0.227. The third-order valence-corrected chi connectivity index (χ3v) is 5.74. The zero-order chi connectivity index (χ0) is 25.7. The fourth-order valence-electron chi connectivity index (χ4n) is 3.14. The lowest BCUT2D eigenvalue weighted by Gasteiger charge is -2.17. The average molecular weight is 584 g/mol. The van der Waals surface area contributed by atoms with Crippen LogP contribution >= 0.6 is 39.1 Å². The minimum Gasteiger partial charge on any atom is -0.357 e. The first-order chi connectivity index (χ1) is 16.7. The molecule has 0 bridgehead atoms. The van der Waals surface area contributed by atoms with Gasteiger partial charge in [-0.1, -0.05) is 30.1 Å². The number of likely N-dealkylation sites (N-methyl/N-ethyl adjacent to an activating group) is 1. The van der Waals surface area contributed by atoms with Gasteiger partial charge in [0.15, 0.2) is 11.9 Å². The van der Waals surface area contributed by atoms with Gasteiger partial charge in [-0.05, 0) is 59.1 Å². The molecule has 0 fully saturated rings. The van der Waals surface area contributed by atoms with Crippen molar-refractivity contribution in [1.82, 2.24) is 25.6 Å². The van der Waals surface area contributed by atoms with Crippen LogP contribution in [0, 0.1) is 6.92 Å². The monoisotopic (exact) mass is 582 g/mol. The van der Waals surface area contributed by atoms with Gasteiger partial charge >= 0.3 is 0 Å². The van der Waals surface area contributed by atoms with Crippen molar-refractivity contribution in [2.75, 3.05) is 12.4 Å². The number of hydrogen-bond acceptors (Lipinski definition) is 6. The van der Waals surface area contributed by atoms with Gasteiger partial charge in [-0.3, -0.25) is 19.2 Å². The highest BCUT2D eigenvalue weighted by molar-refractivity contribution is 9.10. The largest absolute Gasteiger partial charge is 0.357 e. The van der Waals surface area contributed by atoms with Crippen LogP contribution in [0.5, 0.6) is 0 Å². The first-order valence-electron chi connectivity index (χ1n) is 10.3. The van der Waals surface area contributed by atoms with E-state index in [-0.39, 0.29) is 27.8 Å². The molecule has 0 aliphatic carbocycles. The molecule has 0 radical (unpaired) electrons. The summed E-state index contributed by atoms with van der Waals surface area (Å²) < 4.78 is 1.66. The van der Waals surface area contributed by atoms with Gasteiger partial charge in [-0.2, -0.15) is 5.10 Å². The fourth-order valence-corrected chi connectivity index (χ4v) is 3.99. The van der Waals surface area contributed by atoms with Crippen molar-refractivity contribution >= 4 is 62.5 Å². The van der Waals surface area contributed by atoms with Crippen LogP contribution in [0.15, 0.2) is 41.1 Å². The van der Waals surface area contributed by atoms with Gasteiger partial charge in [-0.15, -0.1) is 0 Å². The number of nitrogens with zero attached hydrogens (tertiary/aromatic N) is 3. The van der Waals surface area contributed by atoms with Crippen molar-refractivity contribution in [1.29, 1.82) is 0 Å². The molecule has 1 aromatic carbocycles. The zero-order valence-corrected chi connectivity index (χ0v) is 22.0. The van der Waals surface area contributed by atoms with E-state index < -0.39 is 23.8 Å². The predicted octanol–water partition coefficient (Wildman–Crippen LogP) is 4.08. The van der Waals surface area contributed by atoms with Crippen LogP contribution in [0.4, 0.5) is 5.69 Å². The first kappa shape index (κ1) is 26.6. The number of carbonyl (C=O) groups is 3. The van der Waals surface area contributed by atoms with Crippen molar-refractivity contribution in [2.24, 2.45) is 0 Å². The molecule has 0 saturated carbocycles. The van der Waals surface area contributed by atoms with E-state index in [1.807, 2.05) is 0 Å². The Hall–Kier alpha value is -2.99. The second kappa shape index (κ2) is 11.6. The van der Waals surface area contributed by atoms with Crippen LogP contribution in [-0.2, 0) is 9.63 Å². The minimum absolute atomic E-state index is 0.0381. The second-order valence-electron chi connectivity index (χ2n) is 7.23. The number of anilines is 1. The molecule has 2 heterocycles. The third-order valence-electron chi connectivity index (χ3n) is 4.84. The number of rotatable bonds is 8. The standard InChI is InChI=1S/C22H21BrCl2N6O4/c1-4-16(22(34)26-3)35-30-20(32)13-9-12(24)8-11(2)18(13)28-21(33)15-10-17(23)29-31(15)19-14(25)6-5-7-27-19/h5-10,16H,4H2,1-3H3,(H,26,34)(H,28,33)(H,30,32). The summed E-state index contributed by atoms with van der Waals surface area (Å²) >= 11 is 15.7. The number of hydroxylamine groups is 1. The van der Waals surface area contributed by atoms with Gasteiger partial charge in [0.2, 0.25) is 0 Å². The Balaban J connectivity index is 1.92. The highest BCUT2D eigenvalue weighted by atomic mass is 79.9. The SMILES string of the molecule is CCC(ONC(=O)c1cc(Cl)cc(C)c1NC(=O)c1cc(Br)nn1-c1ncccc1Cl)C(=O)NC. The number of carbonyl (C=O) groups excluding carboxylic acids is 3. The van der Waals surface area contributed by atoms with Crippen molar-refractivity contribution in [3.63, 3.8) is 0 Å². The molecule has 3 N–H and O–H groups in total. The Morgan fingerprint density at radius 1 is 1.20 bits per heavy atom. The van der Waals surface area contributed by atoms with Crippen molar-refractivity contribution in [3.05, 3.63) is 68.0 Å². The molecule has 35 heavy (non-hydrogen) atoms. The summed E-state index contributed by atoms with van der Waals surface area (Å²) in [5.41, 5.74) is 3.13. The van der Waals surface area contributed by atoms with Crippen molar-refractivity contribution in [3.8, 4) is 5.82 Å². The van der Waals surface area contributed by atoms with Gasteiger partial charge in [-0.25, -0.2) is 15.1 Å². The summed E-state index contributed by atoms with van der Waals surface area (Å²) in [4.78, 5) is 47.5. The van der Waals surface area contributed by atoms with E-state index in [1.54, 1.807) is 32.0 Å². The number of aryl methyl sites for hydroxylation is 1. The molecule has 2 aromatic heterocycles. The van der Waals surface area contributed by atoms with Crippen LogP contribution in [-0.4, -0.2) is 45.6 Å². The number of benzene rings is 1. The summed E-state index contributed by atoms with van der Waals surface area (Å²) in [6.07, 6.45) is 0.955. The topological polar surface area (TPSA) is 127 Å². The van der Waals surface area contributed by atoms with E-state index in [0.29, 0.717) is 21.6 Å². The van der Waals surface area contributed by atoms with Gasteiger partial charge < -0.3 is 10.6 Å². The molecule has 0 aliphatic rings. The highest BCUT2D eigenvalue weighted by Crippen LogP contribution is 2.28. The average Bonchev–Trinajstić information content (AvgIpc) is 3.22. The smallest absolute Gasteiger partial charge is 0.277 e. The van der Waals surface area contributed by atoms with Crippen LogP contribution in [0.2, 0.25) is 10.0 Å². The number of pyridine rings is 1. The molecule has 10 nitrogen and oxygen atoms in total. The lowest BCUT2D eigenvalue weighted by Crippen LogP contribution is -2.39. The number of amides is 3. The Morgan fingerprint density at radius 3 is 2.60 bits per heavy atom. The van der Waals surface area contributed by atoms with E-state index in [2.05, 4.69) is 42.1 Å². The molecular formula is C22H21BrCl2N6O4. The van der Waals surface area contributed by atoms with Crippen LogP contribution < -0.4 is 16.1 Å². The number of aromatic nitrogens is 3. The summed E-state index contributed by atoms with van der Waals surface area (Å²) in [5, 5.41) is 10.0. The molecule has 0 spiro atoms. The van der Waals surface area contributed by atoms with Gasteiger partial charge in [0.1, 0.15) is 10.3 Å². The third kappa shape index (κ3) is 6.17. The molecule has 1 atom stereocenters. The second-order valence-corrected chi connectivity index (χ2v) is 8.89. The Labute approximate surface area is 219 Å². The lowest BCUT2D eigenvalue weighted by atomic mass is 10.1. The molecule has 1 unspecified atom stereocenters. The van der Waals surface area contributed by atoms with E-state index in [4.69, 9.17) is 28.0 Å². The van der Waals surface area contributed by atoms with E-state index in [0.717, 1.165) is 0 Å². The number of halogens is 3. The maximum absolute atomic E-state index is 13.3. The van der Waals surface area contributed by atoms with Gasteiger partial charge in [0.05, 0.1) is 16.3 Å². The van der Waals surface area contributed by atoms with E-state index >= 15 is 0 Å². The molecule has 3 amide bonds. The molecule has 0 saturated heterocycles. The summed E-state index contributed by atoms with van der Waals surface area (Å²) in [6.45, 7) is 3.41. The van der Waals surface area contributed by atoms with Gasteiger partial charge in [0, 0.05) is 24.3 Å². The molecule has 184 valence electrons. The minimum atomic E-state index is -0.892. The highest BCUT2D eigenvalue weighted by Gasteiger charge is 2.24. The van der Waals surface area contributed by atoms with Gasteiger partial charge in [0.25, 0.3) is 17.7 Å². The quantitative estimate of drug-likeness (QED) is 0.343. The number of hydrogen-bond donors (Lipinski definition) is 3. The molecule has 3 aromatic rings. The summed E-state index contributed by atoms with van der Waals surface area (Å²) in [7, 11) is 1.46. The zero-order valence-electron chi connectivity index (χ0n) is 18.9. The maximum atomic E-state index is 13.3. The maximum Gasteiger partial charge on any atom is 0.277 e. The lowest BCUT2D eigenvalue weighted by molar-refractivity contribution is -0.136. The molecule has 3 rings (SSSR count). The summed E-state index contributed by atoms with van der Waals surface area (Å²) in [6, 6.07) is 7.74. The normalized spacial score (nSPS) is 11.6. The van der Waals surface area contributed by atoms with Crippen LogP contribution in [0.3, 0.4) is 0 Å². The Kier molecular flexibility index (Phi) is 8.84. The molecular weight excluding hydrogens is 563 g/mol. The predicted molar refractivity (Wildman–Crippen MR) is 135 cm³/mol. The van der Waals surface area contributed by atoms with E-state index in [9.17, 15) is 14.4 Å². The Bertz CT molecular complexity index is 1280. The molecule has 0 aliphatic heterocycles. The van der Waals surface area contributed by atoms with Crippen LogP contribution in [0.25, 0.3) is 5.82 Å². The first-order valence-corrected chi connectivity index (χ1v) is 11.9. The van der Waals surface area contributed by atoms with Crippen molar-refractivity contribution in [2.45, 2.75) is 26.4 Å². The van der Waals surface area contributed by atoms with E-state index in [1.165, 1.54) is 30.1 Å². The Morgan fingerprint density at radius 2 is 1.94 bits per heavy atom. The van der Waals surface area contributed by atoms with Crippen molar-refractivity contribution < 1.29 is 19.2 Å². The molecule has 13 heteroatoms. The summed E-state index contributed by atoms with van der Waals surface area (Å²) in [5.74, 6) is -1.42. The number of nitrogens with one attached hydrogen (secondary N) is 3. The van der Waals surface area contributed by atoms with Crippen LogP contribution in [0.1, 0.15) is 39.8 Å².